The first-order valence-electron chi connectivity index (χ1n) is 4.57. The normalized spacial score (nSPS) is 10.3. The second-order valence-electron chi connectivity index (χ2n) is 3.23. The van der Waals surface area contributed by atoms with Crippen LogP contribution < -0.4 is 0 Å². The third-order valence-corrected chi connectivity index (χ3v) is 2.34. The van der Waals surface area contributed by atoms with E-state index in [1.807, 2.05) is 0 Å². The molecule has 1 aromatic heterocycles. The molecule has 16 heavy (non-hydrogen) atoms. The van der Waals surface area contributed by atoms with Crippen molar-refractivity contribution in [2.24, 2.45) is 0 Å². The zero-order chi connectivity index (χ0) is 11.7. The van der Waals surface area contributed by atoms with Gasteiger partial charge in [-0.25, -0.2) is 9.59 Å². The van der Waals surface area contributed by atoms with Gasteiger partial charge in [0.1, 0.15) is 0 Å². The van der Waals surface area contributed by atoms with E-state index in [4.69, 9.17) is 5.11 Å². The van der Waals surface area contributed by atoms with Crippen molar-refractivity contribution in [3.05, 3.63) is 35.5 Å². The van der Waals surface area contributed by atoms with Crippen molar-refractivity contribution in [3.63, 3.8) is 0 Å². The molecule has 5 heteroatoms. The second kappa shape index (κ2) is 3.69. The van der Waals surface area contributed by atoms with E-state index in [9.17, 15) is 9.59 Å². The van der Waals surface area contributed by atoms with Gasteiger partial charge in [0.05, 0.1) is 18.2 Å². The highest BCUT2D eigenvalue weighted by molar-refractivity contribution is 6.12. The Kier molecular flexibility index (Phi) is 2.36. The minimum Gasteiger partial charge on any atom is -0.478 e. The zero-order valence-corrected chi connectivity index (χ0v) is 8.48. The topological polar surface area (TPSA) is 79.4 Å². The van der Waals surface area contributed by atoms with Crippen LogP contribution in [0, 0.1) is 0 Å². The summed E-state index contributed by atoms with van der Waals surface area (Å²) in [6.07, 6.45) is 1.45. The van der Waals surface area contributed by atoms with Gasteiger partial charge in [-0.2, -0.15) is 0 Å². The van der Waals surface area contributed by atoms with Crippen LogP contribution in [0.4, 0.5) is 0 Å². The molecule has 0 radical (unpaired) electrons. The molecule has 2 rings (SSSR count). The Labute approximate surface area is 90.6 Å². The first kappa shape index (κ1) is 10.2. The number of aromatic nitrogens is 1. The number of esters is 1. The summed E-state index contributed by atoms with van der Waals surface area (Å²) in [7, 11) is 1.25. The van der Waals surface area contributed by atoms with Crippen LogP contribution in [-0.4, -0.2) is 29.1 Å². The maximum absolute atomic E-state index is 11.4. The van der Waals surface area contributed by atoms with Gasteiger partial charge in [0.25, 0.3) is 0 Å². The Morgan fingerprint density at radius 1 is 1.31 bits per heavy atom. The van der Waals surface area contributed by atoms with E-state index in [1.54, 1.807) is 12.1 Å². The highest BCUT2D eigenvalue weighted by atomic mass is 16.5. The maximum Gasteiger partial charge on any atom is 0.340 e. The fraction of sp³-hybridized carbons (Fsp3) is 0.0909. The summed E-state index contributed by atoms with van der Waals surface area (Å²) < 4.78 is 4.59. The molecule has 82 valence electrons. The van der Waals surface area contributed by atoms with Crippen LogP contribution in [0.1, 0.15) is 20.7 Å². The quantitative estimate of drug-likeness (QED) is 0.752. The summed E-state index contributed by atoms with van der Waals surface area (Å²) in [6.45, 7) is 0. The molecule has 0 saturated heterocycles. The standard InChI is InChI=1S/C11H9NO4/c1-16-11(15)7-5-12-8-4-2-3-6(9(7)8)10(13)14/h2-5,12H,1H3,(H,13,14). The Bertz CT molecular complexity index is 570. The van der Waals surface area contributed by atoms with Crippen LogP contribution in [0.25, 0.3) is 10.9 Å². The van der Waals surface area contributed by atoms with E-state index >= 15 is 0 Å². The molecule has 0 aliphatic rings. The number of hydrogen-bond acceptors (Lipinski definition) is 3. The maximum atomic E-state index is 11.4. The van der Waals surface area contributed by atoms with Gasteiger partial charge in [-0.05, 0) is 12.1 Å². The SMILES string of the molecule is COC(=O)c1c[nH]c2cccc(C(=O)O)c12. The minimum absolute atomic E-state index is 0.0825. The summed E-state index contributed by atoms with van der Waals surface area (Å²) in [6, 6.07) is 4.77. The van der Waals surface area contributed by atoms with Crippen LogP contribution in [0.15, 0.2) is 24.4 Å². The minimum atomic E-state index is -1.07. The predicted molar refractivity (Wildman–Crippen MR) is 56.6 cm³/mol. The molecular formula is C11H9NO4. The molecule has 0 aliphatic heterocycles. The number of methoxy groups -OCH3 is 1. The van der Waals surface area contributed by atoms with E-state index < -0.39 is 11.9 Å². The van der Waals surface area contributed by atoms with Crippen LogP contribution in [0.5, 0.6) is 0 Å². The second-order valence-corrected chi connectivity index (χ2v) is 3.23. The highest BCUT2D eigenvalue weighted by Crippen LogP contribution is 2.23. The van der Waals surface area contributed by atoms with Gasteiger partial charge in [-0.15, -0.1) is 0 Å². The summed E-state index contributed by atoms with van der Waals surface area (Å²) >= 11 is 0. The zero-order valence-electron chi connectivity index (χ0n) is 8.48. The molecule has 2 N–H and O–H groups in total. The molecule has 0 fully saturated rings. The number of rotatable bonds is 2. The molecule has 0 bridgehead atoms. The average Bonchev–Trinajstić information content (AvgIpc) is 2.71. The van der Waals surface area contributed by atoms with Gasteiger partial charge in [0, 0.05) is 17.1 Å². The number of aromatic amines is 1. The predicted octanol–water partition coefficient (Wildman–Crippen LogP) is 1.65. The highest BCUT2D eigenvalue weighted by Gasteiger charge is 2.18. The molecule has 0 amide bonds. The van der Waals surface area contributed by atoms with Crippen molar-refractivity contribution < 1.29 is 19.4 Å². The summed E-state index contributed by atoms with van der Waals surface area (Å²) in [5.41, 5.74) is 0.912. The van der Waals surface area contributed by atoms with E-state index in [2.05, 4.69) is 9.72 Å². The van der Waals surface area contributed by atoms with E-state index in [-0.39, 0.29) is 11.1 Å². The summed E-state index contributed by atoms with van der Waals surface area (Å²) in [5.74, 6) is -1.63. The van der Waals surface area contributed by atoms with Crippen LogP contribution in [0.3, 0.4) is 0 Å². The van der Waals surface area contributed by atoms with E-state index in [0.29, 0.717) is 10.9 Å². The van der Waals surface area contributed by atoms with Gasteiger partial charge in [-0.3, -0.25) is 0 Å². The van der Waals surface area contributed by atoms with Crippen molar-refractivity contribution in [2.75, 3.05) is 7.11 Å². The van der Waals surface area contributed by atoms with Gasteiger partial charge >= 0.3 is 11.9 Å². The first-order chi connectivity index (χ1) is 7.65. The Morgan fingerprint density at radius 3 is 2.69 bits per heavy atom. The Balaban J connectivity index is 2.77. The van der Waals surface area contributed by atoms with Gasteiger partial charge in [0.15, 0.2) is 0 Å². The summed E-state index contributed by atoms with van der Waals surface area (Å²) in [5, 5.41) is 9.39. The number of aromatic carboxylic acids is 1. The number of benzene rings is 1. The molecule has 0 atom stereocenters. The van der Waals surface area contributed by atoms with Crippen LogP contribution in [0.2, 0.25) is 0 Å². The molecule has 0 saturated carbocycles. The number of carbonyl (C=O) groups is 2. The van der Waals surface area contributed by atoms with E-state index in [1.165, 1.54) is 19.4 Å². The van der Waals surface area contributed by atoms with Crippen LogP contribution in [-0.2, 0) is 4.74 Å². The smallest absolute Gasteiger partial charge is 0.340 e. The molecular weight excluding hydrogens is 210 g/mol. The lowest BCUT2D eigenvalue weighted by Gasteiger charge is -2.00. The number of fused-ring (bicyclic) bond motifs is 1. The van der Waals surface area contributed by atoms with Crippen molar-refractivity contribution >= 4 is 22.8 Å². The Morgan fingerprint density at radius 2 is 2.06 bits per heavy atom. The average molecular weight is 219 g/mol. The van der Waals surface area contributed by atoms with E-state index in [0.717, 1.165) is 0 Å². The first-order valence-corrected chi connectivity index (χ1v) is 4.57. The molecule has 5 nitrogen and oxygen atoms in total. The van der Waals surface area contributed by atoms with Gasteiger partial charge < -0.3 is 14.8 Å². The van der Waals surface area contributed by atoms with Crippen molar-refractivity contribution in [2.45, 2.75) is 0 Å². The van der Waals surface area contributed by atoms with Crippen molar-refractivity contribution in [1.29, 1.82) is 0 Å². The number of carboxylic acid groups (broad SMARTS) is 1. The molecule has 2 aromatic rings. The number of carboxylic acids is 1. The summed E-state index contributed by atoms with van der Waals surface area (Å²) in [4.78, 5) is 25.3. The fourth-order valence-electron chi connectivity index (χ4n) is 1.63. The number of ether oxygens (including phenoxy) is 1. The molecule has 0 unspecified atom stereocenters. The number of H-pyrrole nitrogens is 1. The Hall–Kier alpha value is -2.30. The van der Waals surface area contributed by atoms with Gasteiger partial charge in [0.2, 0.25) is 0 Å². The largest absolute Gasteiger partial charge is 0.478 e. The van der Waals surface area contributed by atoms with Crippen molar-refractivity contribution in [3.8, 4) is 0 Å². The van der Waals surface area contributed by atoms with Gasteiger partial charge in [-0.1, -0.05) is 6.07 Å². The van der Waals surface area contributed by atoms with Crippen molar-refractivity contribution in [1.82, 2.24) is 4.98 Å². The lowest BCUT2D eigenvalue weighted by molar-refractivity contribution is 0.0603. The third-order valence-electron chi connectivity index (χ3n) is 2.34. The number of carbonyl (C=O) groups excluding carboxylic acids is 1. The fourth-order valence-corrected chi connectivity index (χ4v) is 1.63. The third kappa shape index (κ3) is 1.42. The monoisotopic (exact) mass is 219 g/mol. The molecule has 0 spiro atoms. The molecule has 1 heterocycles. The molecule has 0 aliphatic carbocycles. The lowest BCUT2D eigenvalue weighted by atomic mass is 10.1. The number of nitrogens with one attached hydrogen (secondary N) is 1. The molecule has 1 aromatic carbocycles. The lowest BCUT2D eigenvalue weighted by Crippen LogP contribution is -2.03. The van der Waals surface area contributed by atoms with Crippen LogP contribution >= 0.6 is 0 Å². The number of hydrogen-bond donors (Lipinski definition) is 2.